The number of hydrogen-bond donors (Lipinski definition) is 1. The number of nitrogens with one attached hydrogen (secondary N) is 1. The number of aromatic nitrogens is 2. The molecular formula is C19H25FN4O3. The third-order valence-corrected chi connectivity index (χ3v) is 4.27. The first kappa shape index (κ1) is 19.3. The van der Waals surface area contributed by atoms with E-state index in [9.17, 15) is 9.18 Å². The number of nitrogens with zero attached hydrogens (tertiary/aromatic N) is 3. The van der Waals surface area contributed by atoms with Crippen molar-refractivity contribution in [1.29, 1.82) is 0 Å². The minimum absolute atomic E-state index is 0.231. The molecule has 0 atom stereocenters. The summed E-state index contributed by atoms with van der Waals surface area (Å²) in [7, 11) is 0. The minimum Gasteiger partial charge on any atom is -0.489 e. The van der Waals surface area contributed by atoms with Crippen LogP contribution in [0, 0.1) is 5.82 Å². The summed E-state index contributed by atoms with van der Waals surface area (Å²) in [6.07, 6.45) is 2.47. The van der Waals surface area contributed by atoms with Gasteiger partial charge in [-0.2, -0.15) is 5.10 Å². The SMILES string of the molecule is CCCOc1cn(-c2ccc(F)cc2)nc1C(=O)NCCN1CCOCC1. The summed E-state index contributed by atoms with van der Waals surface area (Å²) in [4.78, 5) is 14.8. The fraction of sp³-hybridized carbons (Fsp3) is 0.474. The molecule has 0 radical (unpaired) electrons. The summed E-state index contributed by atoms with van der Waals surface area (Å²) >= 11 is 0. The Morgan fingerprint density at radius 1 is 1.30 bits per heavy atom. The van der Waals surface area contributed by atoms with E-state index in [2.05, 4.69) is 15.3 Å². The highest BCUT2D eigenvalue weighted by Crippen LogP contribution is 2.20. The van der Waals surface area contributed by atoms with E-state index in [4.69, 9.17) is 9.47 Å². The molecule has 1 fully saturated rings. The molecule has 1 aromatic carbocycles. The second-order valence-electron chi connectivity index (χ2n) is 6.32. The Kier molecular flexibility index (Phi) is 6.78. The van der Waals surface area contributed by atoms with Gasteiger partial charge in [-0.15, -0.1) is 0 Å². The van der Waals surface area contributed by atoms with E-state index in [-0.39, 0.29) is 17.4 Å². The highest BCUT2D eigenvalue weighted by atomic mass is 19.1. The predicted molar refractivity (Wildman–Crippen MR) is 98.9 cm³/mol. The van der Waals surface area contributed by atoms with Gasteiger partial charge in [0.05, 0.1) is 31.7 Å². The monoisotopic (exact) mass is 376 g/mol. The summed E-state index contributed by atoms with van der Waals surface area (Å²) in [5, 5.41) is 7.25. The number of amides is 1. The highest BCUT2D eigenvalue weighted by molar-refractivity contribution is 5.94. The summed E-state index contributed by atoms with van der Waals surface area (Å²) in [6, 6.07) is 5.91. The maximum atomic E-state index is 13.1. The number of ether oxygens (including phenoxy) is 2. The molecule has 1 aliphatic heterocycles. The van der Waals surface area contributed by atoms with E-state index in [1.165, 1.54) is 16.8 Å². The molecule has 8 heteroatoms. The van der Waals surface area contributed by atoms with Crippen molar-refractivity contribution < 1.29 is 18.7 Å². The number of carbonyl (C=O) groups excluding carboxylic acids is 1. The van der Waals surface area contributed by atoms with Crippen LogP contribution in [0.15, 0.2) is 30.5 Å². The van der Waals surface area contributed by atoms with Gasteiger partial charge in [-0.3, -0.25) is 9.69 Å². The number of halogens is 1. The molecule has 1 amide bonds. The van der Waals surface area contributed by atoms with E-state index in [0.29, 0.717) is 24.6 Å². The van der Waals surface area contributed by atoms with Gasteiger partial charge in [0.1, 0.15) is 5.82 Å². The van der Waals surface area contributed by atoms with E-state index in [1.807, 2.05) is 6.92 Å². The Hall–Kier alpha value is -2.45. The van der Waals surface area contributed by atoms with Crippen LogP contribution >= 0.6 is 0 Å². The third kappa shape index (κ3) is 5.27. The maximum absolute atomic E-state index is 13.1. The molecule has 0 spiro atoms. The molecule has 1 aromatic heterocycles. The lowest BCUT2D eigenvalue weighted by Gasteiger charge is -2.26. The molecule has 0 saturated carbocycles. The quantitative estimate of drug-likeness (QED) is 0.762. The Labute approximate surface area is 158 Å². The van der Waals surface area contributed by atoms with E-state index < -0.39 is 0 Å². The Morgan fingerprint density at radius 3 is 2.74 bits per heavy atom. The zero-order chi connectivity index (χ0) is 19.1. The average molecular weight is 376 g/mol. The fourth-order valence-corrected chi connectivity index (χ4v) is 2.80. The van der Waals surface area contributed by atoms with Gasteiger partial charge in [0.15, 0.2) is 11.4 Å². The standard InChI is InChI=1S/C19H25FN4O3/c1-2-11-27-17-14-24(16-5-3-15(20)4-6-16)22-18(17)19(25)21-7-8-23-9-12-26-13-10-23/h3-6,14H,2,7-13H2,1H3,(H,21,25). The van der Waals surface area contributed by atoms with Crippen molar-refractivity contribution in [3.63, 3.8) is 0 Å². The molecule has 1 saturated heterocycles. The largest absolute Gasteiger partial charge is 0.489 e. The van der Waals surface area contributed by atoms with Crippen LogP contribution in [0.25, 0.3) is 5.69 Å². The summed E-state index contributed by atoms with van der Waals surface area (Å²) < 4.78 is 25.7. The van der Waals surface area contributed by atoms with E-state index in [0.717, 1.165) is 39.3 Å². The third-order valence-electron chi connectivity index (χ3n) is 4.27. The van der Waals surface area contributed by atoms with Crippen molar-refractivity contribution in [3.05, 3.63) is 42.0 Å². The fourth-order valence-electron chi connectivity index (χ4n) is 2.80. The lowest BCUT2D eigenvalue weighted by Crippen LogP contribution is -2.41. The van der Waals surface area contributed by atoms with Crippen molar-refractivity contribution >= 4 is 5.91 Å². The molecular weight excluding hydrogens is 351 g/mol. The van der Waals surface area contributed by atoms with Crippen LogP contribution < -0.4 is 10.1 Å². The zero-order valence-corrected chi connectivity index (χ0v) is 15.5. The maximum Gasteiger partial charge on any atom is 0.275 e. The van der Waals surface area contributed by atoms with Crippen molar-refractivity contribution in [2.45, 2.75) is 13.3 Å². The molecule has 1 N–H and O–H groups in total. The van der Waals surface area contributed by atoms with E-state index >= 15 is 0 Å². The lowest BCUT2D eigenvalue weighted by molar-refractivity contribution is 0.0383. The van der Waals surface area contributed by atoms with Gasteiger partial charge in [-0.05, 0) is 30.7 Å². The molecule has 2 aromatic rings. The first-order valence-corrected chi connectivity index (χ1v) is 9.24. The zero-order valence-electron chi connectivity index (χ0n) is 15.5. The van der Waals surface area contributed by atoms with Crippen molar-refractivity contribution in [3.8, 4) is 11.4 Å². The second kappa shape index (κ2) is 9.48. The molecule has 3 rings (SSSR count). The van der Waals surface area contributed by atoms with Gasteiger partial charge in [-0.25, -0.2) is 9.07 Å². The van der Waals surface area contributed by atoms with Crippen molar-refractivity contribution in [2.24, 2.45) is 0 Å². The minimum atomic E-state index is -0.325. The van der Waals surface area contributed by atoms with Gasteiger partial charge in [-0.1, -0.05) is 6.92 Å². The number of rotatable bonds is 8. The summed E-state index contributed by atoms with van der Waals surface area (Å²) in [6.45, 7) is 6.97. The van der Waals surface area contributed by atoms with Crippen LogP contribution in [-0.2, 0) is 4.74 Å². The van der Waals surface area contributed by atoms with Gasteiger partial charge in [0.25, 0.3) is 5.91 Å². The molecule has 0 unspecified atom stereocenters. The van der Waals surface area contributed by atoms with Gasteiger partial charge in [0, 0.05) is 26.2 Å². The van der Waals surface area contributed by atoms with Gasteiger partial charge in [0.2, 0.25) is 0 Å². The predicted octanol–water partition coefficient (Wildman–Crippen LogP) is 1.86. The smallest absolute Gasteiger partial charge is 0.275 e. The van der Waals surface area contributed by atoms with Crippen LogP contribution in [0.2, 0.25) is 0 Å². The van der Waals surface area contributed by atoms with Crippen LogP contribution in [0.4, 0.5) is 4.39 Å². The second-order valence-corrected chi connectivity index (χ2v) is 6.32. The summed E-state index contributed by atoms with van der Waals surface area (Å²) in [5.41, 5.74) is 0.889. The van der Waals surface area contributed by atoms with Crippen LogP contribution in [-0.4, -0.2) is 66.6 Å². The molecule has 0 bridgehead atoms. The average Bonchev–Trinajstić information content (AvgIpc) is 3.12. The van der Waals surface area contributed by atoms with Crippen LogP contribution in [0.5, 0.6) is 5.75 Å². The molecule has 7 nitrogen and oxygen atoms in total. The van der Waals surface area contributed by atoms with Gasteiger partial charge >= 0.3 is 0 Å². The summed E-state index contributed by atoms with van der Waals surface area (Å²) in [5.74, 6) is -0.185. The van der Waals surface area contributed by atoms with Crippen LogP contribution in [0.1, 0.15) is 23.8 Å². The highest BCUT2D eigenvalue weighted by Gasteiger charge is 2.19. The Morgan fingerprint density at radius 2 is 2.04 bits per heavy atom. The Balaban J connectivity index is 1.67. The number of carbonyl (C=O) groups is 1. The van der Waals surface area contributed by atoms with Crippen molar-refractivity contribution in [1.82, 2.24) is 20.0 Å². The topological polar surface area (TPSA) is 68.6 Å². The van der Waals surface area contributed by atoms with Gasteiger partial charge < -0.3 is 14.8 Å². The molecule has 2 heterocycles. The molecule has 27 heavy (non-hydrogen) atoms. The van der Waals surface area contributed by atoms with Crippen molar-refractivity contribution in [2.75, 3.05) is 46.0 Å². The lowest BCUT2D eigenvalue weighted by atomic mass is 10.3. The number of benzene rings is 1. The molecule has 0 aliphatic carbocycles. The normalized spacial score (nSPS) is 14.9. The number of hydrogen-bond acceptors (Lipinski definition) is 5. The first-order chi connectivity index (χ1) is 13.2. The molecule has 146 valence electrons. The van der Waals surface area contributed by atoms with E-state index in [1.54, 1.807) is 18.3 Å². The van der Waals surface area contributed by atoms with Crippen LogP contribution in [0.3, 0.4) is 0 Å². The number of morpholine rings is 1. The first-order valence-electron chi connectivity index (χ1n) is 9.24. The Bertz CT molecular complexity index is 742. The molecule has 1 aliphatic rings.